The summed E-state index contributed by atoms with van der Waals surface area (Å²) in [6.07, 6.45) is 5.54. The third-order valence-corrected chi connectivity index (χ3v) is 4.18. The van der Waals surface area contributed by atoms with E-state index in [2.05, 4.69) is 36.2 Å². The maximum Gasteiger partial charge on any atom is 0.0376 e. The lowest BCUT2D eigenvalue weighted by molar-refractivity contribution is 0.110. The van der Waals surface area contributed by atoms with Crippen molar-refractivity contribution in [2.24, 2.45) is 5.92 Å². The van der Waals surface area contributed by atoms with Crippen molar-refractivity contribution in [3.63, 3.8) is 0 Å². The molecule has 0 aromatic heterocycles. The summed E-state index contributed by atoms with van der Waals surface area (Å²) in [6, 6.07) is 9.75. The molecule has 2 aliphatic rings. The number of hydrogen-bond donors (Lipinski definition) is 0. The molecule has 0 N–H and O–H groups in total. The molecule has 1 heterocycles. The fourth-order valence-electron chi connectivity index (χ4n) is 3.09. The van der Waals surface area contributed by atoms with Gasteiger partial charge in [0.25, 0.3) is 0 Å². The van der Waals surface area contributed by atoms with E-state index in [1.807, 2.05) is 0 Å². The zero-order chi connectivity index (χ0) is 10.3. The molecule has 3 rings (SSSR count). The molecule has 16 heavy (non-hydrogen) atoms. The minimum Gasteiger partial charge on any atom is -0.299 e. The molecule has 0 saturated heterocycles. The van der Waals surface area contributed by atoms with E-state index in [1.165, 1.54) is 32.2 Å². The third-order valence-electron chi connectivity index (χ3n) is 4.18. The van der Waals surface area contributed by atoms with Crippen molar-refractivity contribution in [2.75, 3.05) is 13.6 Å². The van der Waals surface area contributed by atoms with Crippen molar-refractivity contribution in [3.8, 4) is 0 Å². The highest BCUT2D eigenvalue weighted by molar-refractivity contribution is 5.85. The molecule has 0 amide bonds. The van der Waals surface area contributed by atoms with E-state index >= 15 is 0 Å². The lowest BCUT2D eigenvalue weighted by Crippen LogP contribution is -2.38. The van der Waals surface area contributed by atoms with Crippen molar-refractivity contribution >= 4 is 12.4 Å². The Balaban J connectivity index is 0.000000963. The van der Waals surface area contributed by atoms with Gasteiger partial charge in [-0.3, -0.25) is 4.90 Å². The van der Waals surface area contributed by atoms with E-state index in [0.717, 1.165) is 5.92 Å². The summed E-state index contributed by atoms with van der Waals surface area (Å²) in [5.74, 6) is 0.927. The fraction of sp³-hybridized carbons (Fsp3) is 0.571. The fourth-order valence-corrected chi connectivity index (χ4v) is 3.09. The maximum atomic E-state index is 2.56. The summed E-state index contributed by atoms with van der Waals surface area (Å²) in [6.45, 7) is 1.23. The molecule has 1 aromatic rings. The van der Waals surface area contributed by atoms with Crippen LogP contribution in [0.15, 0.2) is 24.3 Å². The highest BCUT2D eigenvalue weighted by Crippen LogP contribution is 2.43. The van der Waals surface area contributed by atoms with Gasteiger partial charge in [0.1, 0.15) is 0 Å². The minimum absolute atomic E-state index is 0. The second-order valence-electron chi connectivity index (χ2n) is 5.07. The van der Waals surface area contributed by atoms with Gasteiger partial charge in [-0.25, -0.2) is 0 Å². The van der Waals surface area contributed by atoms with Crippen LogP contribution in [-0.2, 0) is 6.42 Å². The summed E-state index contributed by atoms with van der Waals surface area (Å²) in [4.78, 5) is 2.56. The number of fused-ring (bicyclic) bond motifs is 1. The smallest absolute Gasteiger partial charge is 0.0376 e. The van der Waals surface area contributed by atoms with E-state index in [-0.39, 0.29) is 12.4 Å². The van der Waals surface area contributed by atoms with Crippen LogP contribution in [0.1, 0.15) is 36.4 Å². The molecule has 1 nitrogen and oxygen atoms in total. The van der Waals surface area contributed by atoms with Gasteiger partial charge in [-0.15, -0.1) is 12.4 Å². The number of likely N-dealkylation sites (N-methyl/N-ethyl adjacent to an activating group) is 1. The normalized spacial score (nSPS) is 25.4. The van der Waals surface area contributed by atoms with Crippen molar-refractivity contribution in [2.45, 2.75) is 31.7 Å². The molecule has 1 aliphatic carbocycles. The molecule has 1 aliphatic heterocycles. The average Bonchev–Trinajstić information content (AvgIpc) is 2.20. The first-order valence-corrected chi connectivity index (χ1v) is 6.14. The summed E-state index contributed by atoms with van der Waals surface area (Å²) in [5, 5.41) is 0. The Labute approximate surface area is 104 Å². The molecule has 1 unspecified atom stereocenters. The average molecular weight is 238 g/mol. The first-order chi connectivity index (χ1) is 7.36. The molecule has 1 saturated carbocycles. The van der Waals surface area contributed by atoms with Crippen LogP contribution in [0.4, 0.5) is 0 Å². The van der Waals surface area contributed by atoms with E-state index in [9.17, 15) is 0 Å². The predicted octanol–water partition coefficient (Wildman–Crippen LogP) is 3.44. The van der Waals surface area contributed by atoms with Gasteiger partial charge in [-0.1, -0.05) is 30.7 Å². The van der Waals surface area contributed by atoms with E-state index in [4.69, 9.17) is 0 Å². The predicted molar refractivity (Wildman–Crippen MR) is 70.1 cm³/mol. The molecule has 0 radical (unpaired) electrons. The highest BCUT2D eigenvalue weighted by Gasteiger charge is 2.34. The summed E-state index contributed by atoms with van der Waals surface area (Å²) < 4.78 is 0. The van der Waals surface area contributed by atoms with Crippen LogP contribution in [0.5, 0.6) is 0 Å². The van der Waals surface area contributed by atoms with Crippen LogP contribution in [0.25, 0.3) is 0 Å². The second-order valence-corrected chi connectivity index (χ2v) is 5.07. The number of nitrogens with zero attached hydrogens (tertiary/aromatic N) is 1. The zero-order valence-electron chi connectivity index (χ0n) is 9.86. The summed E-state index contributed by atoms with van der Waals surface area (Å²) in [5.41, 5.74) is 3.20. The lowest BCUT2D eigenvalue weighted by atomic mass is 9.74. The topological polar surface area (TPSA) is 3.24 Å². The highest BCUT2D eigenvalue weighted by atomic mass is 35.5. The van der Waals surface area contributed by atoms with Crippen molar-refractivity contribution < 1.29 is 0 Å². The first-order valence-electron chi connectivity index (χ1n) is 6.14. The molecule has 88 valence electrons. The Hall–Kier alpha value is -0.530. The first kappa shape index (κ1) is 11.9. The summed E-state index contributed by atoms with van der Waals surface area (Å²) in [7, 11) is 2.29. The Morgan fingerprint density at radius 3 is 2.62 bits per heavy atom. The van der Waals surface area contributed by atoms with E-state index in [0.29, 0.717) is 6.04 Å². The van der Waals surface area contributed by atoms with Gasteiger partial charge in [0.15, 0.2) is 0 Å². The quantitative estimate of drug-likeness (QED) is 0.723. The van der Waals surface area contributed by atoms with E-state index < -0.39 is 0 Å². The Bertz CT molecular complexity index is 360. The summed E-state index contributed by atoms with van der Waals surface area (Å²) >= 11 is 0. The molecular formula is C14H20ClN. The van der Waals surface area contributed by atoms with Crippen molar-refractivity contribution in [1.29, 1.82) is 0 Å². The van der Waals surface area contributed by atoms with Crippen LogP contribution in [-0.4, -0.2) is 18.5 Å². The number of halogens is 1. The molecule has 2 heteroatoms. The molecule has 0 spiro atoms. The van der Waals surface area contributed by atoms with Crippen LogP contribution < -0.4 is 0 Å². The Kier molecular flexibility index (Phi) is 3.56. The van der Waals surface area contributed by atoms with Gasteiger partial charge in [-0.2, -0.15) is 0 Å². The molecular weight excluding hydrogens is 218 g/mol. The van der Waals surface area contributed by atoms with Crippen LogP contribution >= 0.6 is 12.4 Å². The SMILES string of the molecule is CN1CCc2ccccc2C1C1CCC1.Cl. The van der Waals surface area contributed by atoms with Gasteiger partial charge >= 0.3 is 0 Å². The molecule has 1 atom stereocenters. The lowest BCUT2D eigenvalue weighted by Gasteiger charge is -2.43. The van der Waals surface area contributed by atoms with Gasteiger partial charge < -0.3 is 0 Å². The molecule has 0 bridgehead atoms. The van der Waals surface area contributed by atoms with E-state index in [1.54, 1.807) is 11.1 Å². The van der Waals surface area contributed by atoms with Crippen LogP contribution in [0.3, 0.4) is 0 Å². The number of hydrogen-bond acceptors (Lipinski definition) is 1. The second kappa shape index (κ2) is 4.77. The minimum atomic E-state index is 0. The monoisotopic (exact) mass is 237 g/mol. The van der Waals surface area contributed by atoms with Crippen LogP contribution in [0.2, 0.25) is 0 Å². The standard InChI is InChI=1S/C14H19N.ClH/c1-15-10-9-11-5-2-3-8-13(11)14(15)12-6-4-7-12;/h2-3,5,8,12,14H,4,6-7,9-10H2,1H3;1H. The Morgan fingerprint density at radius 2 is 1.94 bits per heavy atom. The largest absolute Gasteiger partial charge is 0.299 e. The molecule has 1 fully saturated rings. The number of benzene rings is 1. The van der Waals surface area contributed by atoms with Gasteiger partial charge in [-0.05, 0) is 43.4 Å². The van der Waals surface area contributed by atoms with Gasteiger partial charge in [0.05, 0.1) is 0 Å². The Morgan fingerprint density at radius 1 is 1.19 bits per heavy atom. The van der Waals surface area contributed by atoms with Crippen LogP contribution in [0, 0.1) is 5.92 Å². The number of rotatable bonds is 1. The zero-order valence-corrected chi connectivity index (χ0v) is 10.7. The molecule has 1 aromatic carbocycles. The van der Waals surface area contributed by atoms with Crippen molar-refractivity contribution in [1.82, 2.24) is 4.90 Å². The van der Waals surface area contributed by atoms with Crippen molar-refractivity contribution in [3.05, 3.63) is 35.4 Å². The third kappa shape index (κ3) is 1.87. The maximum absolute atomic E-state index is 2.56. The van der Waals surface area contributed by atoms with Gasteiger partial charge in [0, 0.05) is 12.6 Å². The van der Waals surface area contributed by atoms with Gasteiger partial charge in [0.2, 0.25) is 0 Å².